The fourth-order valence-corrected chi connectivity index (χ4v) is 6.47. The van der Waals surface area contributed by atoms with Crippen molar-refractivity contribution in [2.75, 3.05) is 18.1 Å². The molecule has 34 heavy (non-hydrogen) atoms. The van der Waals surface area contributed by atoms with Gasteiger partial charge in [-0.05, 0) is 60.7 Å². The lowest BCUT2D eigenvalue weighted by Gasteiger charge is -2.30. The summed E-state index contributed by atoms with van der Waals surface area (Å²) in [4.78, 5) is 29.4. The van der Waals surface area contributed by atoms with Gasteiger partial charge >= 0.3 is 0 Å². The SMILES string of the molecule is N#CCNC(=O)C1CCCCC1CS(=O)(=O)c1ccc(SCC(=O)NCc2ccncc2)cc1. The lowest BCUT2D eigenvalue weighted by atomic mass is 9.80. The molecule has 180 valence electrons. The Bertz CT molecular complexity index is 1120. The first kappa shape index (κ1) is 25.7. The highest BCUT2D eigenvalue weighted by molar-refractivity contribution is 8.00. The zero-order valence-corrected chi connectivity index (χ0v) is 20.4. The number of pyridine rings is 1. The minimum absolute atomic E-state index is 0.0737. The molecule has 3 rings (SSSR count). The summed E-state index contributed by atoms with van der Waals surface area (Å²) in [7, 11) is -3.57. The highest BCUT2D eigenvalue weighted by Gasteiger charge is 2.34. The number of nitrogens with zero attached hydrogens (tertiary/aromatic N) is 2. The number of carbonyl (C=O) groups is 2. The average Bonchev–Trinajstić information content (AvgIpc) is 2.85. The fourth-order valence-electron chi connectivity index (χ4n) is 4.03. The quantitative estimate of drug-likeness (QED) is 0.379. The van der Waals surface area contributed by atoms with Gasteiger partial charge in [-0.25, -0.2) is 8.42 Å². The maximum atomic E-state index is 13.0. The van der Waals surface area contributed by atoms with Gasteiger partial charge in [0.15, 0.2) is 9.84 Å². The maximum Gasteiger partial charge on any atom is 0.230 e. The predicted molar refractivity (Wildman–Crippen MR) is 129 cm³/mol. The number of benzene rings is 1. The first-order chi connectivity index (χ1) is 16.4. The van der Waals surface area contributed by atoms with Gasteiger partial charge in [-0.2, -0.15) is 5.26 Å². The van der Waals surface area contributed by atoms with E-state index in [9.17, 15) is 18.0 Å². The van der Waals surface area contributed by atoms with Crippen LogP contribution < -0.4 is 10.6 Å². The Morgan fingerprint density at radius 2 is 1.76 bits per heavy atom. The molecule has 2 amide bonds. The molecule has 2 aromatic rings. The standard InChI is InChI=1S/C24H28N4O4S2/c25-11-14-27-24(30)22-4-2-1-3-19(22)17-34(31,32)21-7-5-20(6-8-21)33-16-23(29)28-15-18-9-12-26-13-10-18/h5-10,12-13,19,22H,1-4,14-17H2,(H,27,30)(H,28,29). The van der Waals surface area contributed by atoms with Crippen LogP contribution in [0.1, 0.15) is 31.2 Å². The number of nitriles is 1. The Morgan fingerprint density at radius 1 is 1.06 bits per heavy atom. The normalized spacial score (nSPS) is 18.0. The van der Waals surface area contributed by atoms with Crippen LogP contribution in [0.5, 0.6) is 0 Å². The molecule has 1 aromatic heterocycles. The summed E-state index contributed by atoms with van der Waals surface area (Å²) in [6, 6.07) is 12.1. The molecule has 0 bridgehead atoms. The Morgan fingerprint density at radius 3 is 2.47 bits per heavy atom. The van der Waals surface area contributed by atoms with E-state index >= 15 is 0 Å². The van der Waals surface area contributed by atoms with E-state index in [1.54, 1.807) is 36.7 Å². The molecule has 1 saturated carbocycles. The lowest BCUT2D eigenvalue weighted by Crippen LogP contribution is -2.39. The van der Waals surface area contributed by atoms with Crippen molar-refractivity contribution in [3.05, 3.63) is 54.4 Å². The molecular formula is C24H28N4O4S2. The van der Waals surface area contributed by atoms with Crippen molar-refractivity contribution in [1.82, 2.24) is 15.6 Å². The summed E-state index contributed by atoms with van der Waals surface area (Å²) in [5.41, 5.74) is 0.964. The van der Waals surface area contributed by atoms with E-state index in [0.29, 0.717) is 19.4 Å². The van der Waals surface area contributed by atoms with Gasteiger partial charge in [0.2, 0.25) is 11.8 Å². The molecule has 8 nitrogen and oxygen atoms in total. The minimum Gasteiger partial charge on any atom is -0.351 e. The van der Waals surface area contributed by atoms with E-state index in [1.165, 1.54) is 11.8 Å². The summed E-state index contributed by atoms with van der Waals surface area (Å²) in [6.45, 7) is 0.353. The monoisotopic (exact) mass is 500 g/mol. The van der Waals surface area contributed by atoms with Crippen LogP contribution in [0, 0.1) is 23.2 Å². The van der Waals surface area contributed by atoms with Crippen LogP contribution in [0.15, 0.2) is 58.6 Å². The van der Waals surface area contributed by atoms with Crippen molar-refractivity contribution in [1.29, 1.82) is 5.26 Å². The van der Waals surface area contributed by atoms with Crippen LogP contribution in [-0.2, 0) is 26.0 Å². The van der Waals surface area contributed by atoms with Crippen molar-refractivity contribution in [2.24, 2.45) is 11.8 Å². The van der Waals surface area contributed by atoms with E-state index in [0.717, 1.165) is 23.3 Å². The molecule has 0 spiro atoms. The van der Waals surface area contributed by atoms with Crippen molar-refractivity contribution in [3.63, 3.8) is 0 Å². The first-order valence-electron chi connectivity index (χ1n) is 11.1. The number of hydrogen-bond acceptors (Lipinski definition) is 7. The number of aromatic nitrogens is 1. The van der Waals surface area contributed by atoms with Crippen LogP contribution in [0.2, 0.25) is 0 Å². The van der Waals surface area contributed by atoms with Crippen molar-refractivity contribution < 1.29 is 18.0 Å². The van der Waals surface area contributed by atoms with Gasteiger partial charge in [0.1, 0.15) is 6.54 Å². The van der Waals surface area contributed by atoms with Gasteiger partial charge in [-0.1, -0.05) is 12.8 Å². The minimum atomic E-state index is -3.57. The van der Waals surface area contributed by atoms with E-state index in [-0.39, 0.29) is 40.7 Å². The second-order valence-electron chi connectivity index (χ2n) is 8.20. The van der Waals surface area contributed by atoms with Gasteiger partial charge < -0.3 is 10.6 Å². The summed E-state index contributed by atoms with van der Waals surface area (Å²) in [5, 5.41) is 14.1. The second kappa shape index (κ2) is 12.5. The largest absolute Gasteiger partial charge is 0.351 e. The molecule has 0 radical (unpaired) electrons. The number of rotatable bonds is 10. The van der Waals surface area contributed by atoms with Crippen LogP contribution in [0.4, 0.5) is 0 Å². The van der Waals surface area contributed by atoms with Gasteiger partial charge in [0.05, 0.1) is 22.5 Å². The van der Waals surface area contributed by atoms with E-state index in [1.807, 2.05) is 18.2 Å². The molecule has 1 aromatic carbocycles. The third-order valence-electron chi connectivity index (χ3n) is 5.81. The van der Waals surface area contributed by atoms with Crippen LogP contribution in [0.3, 0.4) is 0 Å². The first-order valence-corrected chi connectivity index (χ1v) is 13.8. The number of thioether (sulfide) groups is 1. The highest BCUT2D eigenvalue weighted by Crippen LogP contribution is 2.33. The molecule has 10 heteroatoms. The number of amides is 2. The molecule has 1 aliphatic carbocycles. The van der Waals surface area contributed by atoms with Crippen molar-refractivity contribution >= 4 is 33.4 Å². The molecule has 2 atom stereocenters. The van der Waals surface area contributed by atoms with Crippen LogP contribution in [-0.4, -0.2) is 43.3 Å². The third-order valence-corrected chi connectivity index (χ3v) is 8.68. The number of sulfone groups is 1. The molecule has 1 fully saturated rings. The van der Waals surface area contributed by atoms with E-state index < -0.39 is 15.8 Å². The maximum absolute atomic E-state index is 13.0. The molecule has 1 aliphatic rings. The summed E-state index contributed by atoms with van der Waals surface area (Å²) < 4.78 is 26.0. The number of hydrogen-bond donors (Lipinski definition) is 2. The number of carbonyl (C=O) groups excluding carboxylic acids is 2. The van der Waals surface area contributed by atoms with Gasteiger partial charge in [0.25, 0.3) is 0 Å². The smallest absolute Gasteiger partial charge is 0.230 e. The summed E-state index contributed by atoms with van der Waals surface area (Å²) in [5.74, 6) is -0.889. The number of nitrogens with one attached hydrogen (secondary N) is 2. The van der Waals surface area contributed by atoms with Crippen molar-refractivity contribution in [3.8, 4) is 6.07 Å². The fraction of sp³-hybridized carbons (Fsp3) is 0.417. The van der Waals surface area contributed by atoms with Crippen LogP contribution >= 0.6 is 11.8 Å². The second-order valence-corrected chi connectivity index (χ2v) is 11.3. The van der Waals surface area contributed by atoms with Gasteiger partial charge in [-0.3, -0.25) is 14.6 Å². The zero-order chi connectivity index (χ0) is 24.4. The summed E-state index contributed by atoms with van der Waals surface area (Å²) in [6.07, 6.45) is 6.42. The molecule has 1 heterocycles. The average molecular weight is 501 g/mol. The van der Waals surface area contributed by atoms with E-state index in [2.05, 4.69) is 15.6 Å². The Balaban J connectivity index is 1.53. The Labute approximate surface area is 204 Å². The summed E-state index contributed by atoms with van der Waals surface area (Å²) >= 11 is 1.33. The van der Waals surface area contributed by atoms with Gasteiger partial charge in [-0.15, -0.1) is 11.8 Å². The molecule has 2 unspecified atom stereocenters. The third kappa shape index (κ3) is 7.57. The van der Waals surface area contributed by atoms with E-state index in [4.69, 9.17) is 5.26 Å². The Hall–Kier alpha value is -2.90. The topological polar surface area (TPSA) is 129 Å². The molecule has 0 aliphatic heterocycles. The van der Waals surface area contributed by atoms with Crippen molar-refractivity contribution in [2.45, 2.75) is 42.0 Å². The zero-order valence-electron chi connectivity index (χ0n) is 18.8. The predicted octanol–water partition coefficient (Wildman–Crippen LogP) is 2.71. The lowest BCUT2D eigenvalue weighted by molar-refractivity contribution is -0.127. The molecule has 2 N–H and O–H groups in total. The Kier molecular flexibility index (Phi) is 9.48. The van der Waals surface area contributed by atoms with Crippen LogP contribution in [0.25, 0.3) is 0 Å². The molecular weight excluding hydrogens is 472 g/mol. The molecule has 0 saturated heterocycles. The van der Waals surface area contributed by atoms with Gasteiger partial charge in [0, 0.05) is 29.8 Å². The highest BCUT2D eigenvalue weighted by atomic mass is 32.2.